The first kappa shape index (κ1) is 39.0. The minimum Gasteiger partial charge on any atom is -0.444 e. The third kappa shape index (κ3) is 9.61. The van der Waals surface area contributed by atoms with E-state index in [1.165, 1.54) is 16.4 Å². The van der Waals surface area contributed by atoms with Crippen LogP contribution in [0.15, 0.2) is 47.6 Å². The van der Waals surface area contributed by atoms with Crippen molar-refractivity contribution in [3.63, 3.8) is 0 Å². The van der Waals surface area contributed by atoms with Crippen LogP contribution in [0.25, 0.3) is 10.4 Å². The number of fused-ring (bicyclic) bond motifs is 2. The summed E-state index contributed by atoms with van der Waals surface area (Å²) in [6.45, 7) is 10.1. The van der Waals surface area contributed by atoms with Crippen molar-refractivity contribution in [1.29, 1.82) is 0 Å². The van der Waals surface area contributed by atoms with Gasteiger partial charge in [-0.2, -0.15) is 4.31 Å². The Labute approximate surface area is 305 Å². The summed E-state index contributed by atoms with van der Waals surface area (Å²) in [6.07, 6.45) is 1.91. The first-order valence-electron chi connectivity index (χ1n) is 17.7. The van der Waals surface area contributed by atoms with Crippen molar-refractivity contribution in [2.24, 2.45) is 11.0 Å². The van der Waals surface area contributed by atoms with Crippen LogP contribution >= 0.6 is 11.6 Å². The van der Waals surface area contributed by atoms with E-state index in [0.717, 1.165) is 5.56 Å². The number of carbonyl (C=O) groups is 2. The molecule has 2 aromatic carbocycles. The predicted molar refractivity (Wildman–Crippen MR) is 194 cm³/mol. The van der Waals surface area contributed by atoms with Crippen molar-refractivity contribution in [3.8, 4) is 0 Å². The lowest BCUT2D eigenvalue weighted by Crippen LogP contribution is -2.60. The molecule has 0 saturated carbocycles. The van der Waals surface area contributed by atoms with E-state index in [1.54, 1.807) is 43.9 Å². The van der Waals surface area contributed by atoms with Crippen LogP contribution in [-0.4, -0.2) is 84.3 Å². The predicted octanol–water partition coefficient (Wildman–Crippen LogP) is 7.60. The van der Waals surface area contributed by atoms with Crippen LogP contribution in [0.5, 0.6) is 0 Å². The van der Waals surface area contributed by atoms with Gasteiger partial charge in [0.1, 0.15) is 23.2 Å². The average molecular weight is 746 g/mol. The molecule has 14 heteroatoms. The van der Waals surface area contributed by atoms with Gasteiger partial charge in [0.2, 0.25) is 10.0 Å². The Kier molecular flexibility index (Phi) is 12.1. The molecule has 0 spiro atoms. The number of ether oxygens (including phenoxy) is 2. The quantitative estimate of drug-likeness (QED) is 0.139. The first-order chi connectivity index (χ1) is 24.0. The molecule has 3 aliphatic heterocycles. The largest absolute Gasteiger partial charge is 0.444 e. The van der Waals surface area contributed by atoms with Gasteiger partial charge in [-0.3, -0.25) is 4.79 Å². The molecule has 3 heterocycles. The minimum atomic E-state index is -3.60. The van der Waals surface area contributed by atoms with Gasteiger partial charge in [0.25, 0.3) is 0 Å². The highest BCUT2D eigenvalue weighted by Gasteiger charge is 2.45. The maximum absolute atomic E-state index is 15.7. The highest BCUT2D eigenvalue weighted by Crippen LogP contribution is 2.42. The number of Topliss-reactive ketones (excluding diaryl/α,β-unsaturated/α-hetero) is 1. The standard InChI is InChI=1S/C37H49ClFN5O6S/c1-36(2,3)50-35(46)43-22-29(44-23-28(43)9-7-19-51(44,47)48)15-16-30-25(8-6-10-31(30)39)20-32(45)34(41-42-40)33(24-11-13-27(38)14-12-24)26-17-18-49-37(4,5)21-26/h6,8,10-14,26,28-29,33-34H,7,9,15-23H2,1-5H3/t26-,28+,29-,33-,34+/m0/s1. The molecular weight excluding hydrogens is 697 g/mol. The molecule has 3 fully saturated rings. The summed E-state index contributed by atoms with van der Waals surface area (Å²) in [5.74, 6) is -1.40. The fourth-order valence-electron chi connectivity index (χ4n) is 7.94. The number of benzene rings is 2. The van der Waals surface area contributed by atoms with E-state index in [9.17, 15) is 23.5 Å². The molecule has 11 nitrogen and oxygen atoms in total. The number of rotatable bonds is 10. The molecule has 5 rings (SSSR count). The highest BCUT2D eigenvalue weighted by atomic mass is 35.5. The number of carbonyl (C=O) groups excluding carboxylic acids is 2. The van der Waals surface area contributed by atoms with E-state index in [0.29, 0.717) is 48.4 Å². The maximum Gasteiger partial charge on any atom is 0.410 e. The number of nitrogens with zero attached hydrogens (tertiary/aromatic N) is 5. The Morgan fingerprint density at radius 2 is 1.88 bits per heavy atom. The van der Waals surface area contributed by atoms with Gasteiger partial charge in [0.15, 0.2) is 0 Å². The lowest BCUT2D eigenvalue weighted by atomic mass is 9.72. The number of sulfonamides is 1. The second kappa shape index (κ2) is 15.8. The third-order valence-electron chi connectivity index (χ3n) is 10.2. The van der Waals surface area contributed by atoms with Gasteiger partial charge in [-0.25, -0.2) is 17.6 Å². The number of piperazine rings is 1. The van der Waals surface area contributed by atoms with Crippen LogP contribution < -0.4 is 0 Å². The van der Waals surface area contributed by atoms with Crippen LogP contribution in [0.2, 0.25) is 5.02 Å². The Bertz CT molecular complexity index is 1740. The van der Waals surface area contributed by atoms with Gasteiger partial charge in [0.05, 0.1) is 11.4 Å². The Balaban J connectivity index is 1.41. The van der Waals surface area contributed by atoms with Crippen LogP contribution in [0.4, 0.5) is 9.18 Å². The summed E-state index contributed by atoms with van der Waals surface area (Å²) < 4.78 is 55.5. The molecule has 0 radical (unpaired) electrons. The summed E-state index contributed by atoms with van der Waals surface area (Å²) in [5.41, 5.74) is 10.1. The average Bonchev–Trinajstić information content (AvgIpc) is 3.16. The van der Waals surface area contributed by atoms with E-state index in [1.807, 2.05) is 26.0 Å². The first-order valence-corrected chi connectivity index (χ1v) is 19.7. The molecular formula is C37H49ClFN5O6S. The number of halogens is 2. The summed E-state index contributed by atoms with van der Waals surface area (Å²) in [7, 11) is -3.60. The third-order valence-corrected chi connectivity index (χ3v) is 12.4. The summed E-state index contributed by atoms with van der Waals surface area (Å²) >= 11 is 6.21. The monoisotopic (exact) mass is 745 g/mol. The van der Waals surface area contributed by atoms with Gasteiger partial charge < -0.3 is 14.4 Å². The number of hydrogen-bond acceptors (Lipinski definition) is 7. The van der Waals surface area contributed by atoms with Crippen molar-refractivity contribution in [3.05, 3.63) is 80.4 Å². The Morgan fingerprint density at radius 3 is 2.55 bits per heavy atom. The molecule has 1 unspecified atom stereocenters. The fraction of sp³-hybridized carbons (Fsp3) is 0.622. The summed E-state index contributed by atoms with van der Waals surface area (Å²) in [6, 6.07) is 9.74. The minimum absolute atomic E-state index is 0.0263. The Hall–Kier alpha value is -3.22. The topological polar surface area (TPSA) is 142 Å². The van der Waals surface area contributed by atoms with E-state index >= 15 is 4.39 Å². The molecule has 0 N–H and O–H groups in total. The van der Waals surface area contributed by atoms with Crippen molar-refractivity contribution in [2.45, 2.75) is 115 Å². The van der Waals surface area contributed by atoms with Gasteiger partial charge in [-0.1, -0.05) is 41.0 Å². The van der Waals surface area contributed by atoms with Gasteiger partial charge in [-0.15, -0.1) is 0 Å². The van der Waals surface area contributed by atoms with Gasteiger partial charge in [0, 0.05) is 54.1 Å². The van der Waals surface area contributed by atoms with Gasteiger partial charge >= 0.3 is 6.09 Å². The van der Waals surface area contributed by atoms with Crippen molar-refractivity contribution >= 4 is 33.5 Å². The maximum atomic E-state index is 15.7. The van der Waals surface area contributed by atoms with Crippen LogP contribution in [-0.2, 0) is 37.1 Å². The fourth-order valence-corrected chi connectivity index (χ4v) is 9.85. The smallest absolute Gasteiger partial charge is 0.410 e. The molecule has 3 aliphatic rings. The molecule has 278 valence electrons. The zero-order valence-corrected chi connectivity index (χ0v) is 31.6. The molecule has 0 aromatic heterocycles. The van der Waals surface area contributed by atoms with Crippen molar-refractivity contribution < 1.29 is 31.9 Å². The highest BCUT2D eigenvalue weighted by molar-refractivity contribution is 7.89. The lowest BCUT2D eigenvalue weighted by molar-refractivity contribution is -0.121. The van der Waals surface area contributed by atoms with E-state index in [4.69, 9.17) is 21.1 Å². The number of ketones is 1. The van der Waals surface area contributed by atoms with E-state index in [2.05, 4.69) is 10.0 Å². The SMILES string of the molecule is CC(C)(C)OC(=O)N1C[C@H](CCc2c(F)cccc2CC(=O)[C@@H](N=[N+]=[N-])[C@@H](c2ccc(Cl)cc2)[C@H]2CCOC(C)(C)C2)N2C[C@H]1CCCS2(=O)=O. The molecule has 51 heavy (non-hydrogen) atoms. The number of amides is 1. The van der Waals surface area contributed by atoms with Crippen molar-refractivity contribution in [1.82, 2.24) is 9.21 Å². The Morgan fingerprint density at radius 1 is 1.16 bits per heavy atom. The zero-order valence-electron chi connectivity index (χ0n) is 30.1. The second-order valence-corrected chi connectivity index (χ2v) is 18.1. The normalized spacial score (nSPS) is 25.5. The van der Waals surface area contributed by atoms with Crippen LogP contribution in [0, 0.1) is 11.7 Å². The molecule has 3 saturated heterocycles. The van der Waals surface area contributed by atoms with Crippen LogP contribution in [0.1, 0.15) is 89.3 Å². The molecule has 0 aliphatic carbocycles. The van der Waals surface area contributed by atoms with E-state index < -0.39 is 51.1 Å². The summed E-state index contributed by atoms with van der Waals surface area (Å²) in [5, 5.41) is 4.60. The van der Waals surface area contributed by atoms with Crippen LogP contribution in [0.3, 0.4) is 0 Å². The van der Waals surface area contributed by atoms with Crippen molar-refractivity contribution in [2.75, 3.05) is 25.4 Å². The lowest BCUT2D eigenvalue weighted by Gasteiger charge is -2.44. The van der Waals surface area contributed by atoms with Gasteiger partial charge in [-0.05, 0) is 119 Å². The second-order valence-electron chi connectivity index (χ2n) is 15.6. The molecule has 2 bridgehead atoms. The van der Waals surface area contributed by atoms with E-state index in [-0.39, 0.29) is 55.8 Å². The molecule has 1 amide bonds. The number of azide groups is 1. The molecule has 2 aromatic rings. The summed E-state index contributed by atoms with van der Waals surface area (Å²) in [4.78, 5) is 32.2. The zero-order chi connectivity index (χ0) is 37.1. The molecule has 6 atom stereocenters. The number of hydrogen-bond donors (Lipinski definition) is 0.